The van der Waals surface area contributed by atoms with E-state index in [-0.39, 0.29) is 11.8 Å². The van der Waals surface area contributed by atoms with E-state index in [4.69, 9.17) is 18.0 Å². The van der Waals surface area contributed by atoms with Crippen molar-refractivity contribution >= 4 is 23.1 Å². The molecule has 1 fully saturated rings. The van der Waals surface area contributed by atoms with Gasteiger partial charge in [-0.05, 0) is 18.8 Å². The summed E-state index contributed by atoms with van der Waals surface area (Å²) in [6, 6.07) is 0. The van der Waals surface area contributed by atoms with Crippen molar-refractivity contribution < 1.29 is 4.79 Å². The molecule has 0 aromatic carbocycles. The van der Waals surface area contributed by atoms with E-state index in [1.54, 1.807) is 0 Å². The second kappa shape index (κ2) is 5.29. The molecule has 1 amide bonds. The first-order valence-electron chi connectivity index (χ1n) is 5.17. The summed E-state index contributed by atoms with van der Waals surface area (Å²) < 4.78 is 0. The molecular formula is C10H18N2OS. The van der Waals surface area contributed by atoms with Crippen molar-refractivity contribution in [2.45, 2.75) is 32.6 Å². The molecular weight excluding hydrogens is 196 g/mol. The van der Waals surface area contributed by atoms with Crippen molar-refractivity contribution in [3.63, 3.8) is 0 Å². The van der Waals surface area contributed by atoms with E-state index in [1.165, 1.54) is 12.8 Å². The zero-order valence-corrected chi connectivity index (χ0v) is 9.40. The van der Waals surface area contributed by atoms with Gasteiger partial charge in [0.05, 0.1) is 4.99 Å². The van der Waals surface area contributed by atoms with Gasteiger partial charge in [-0.25, -0.2) is 0 Å². The zero-order valence-electron chi connectivity index (χ0n) is 8.58. The first-order chi connectivity index (χ1) is 6.61. The molecule has 2 atom stereocenters. The van der Waals surface area contributed by atoms with Crippen molar-refractivity contribution in [3.05, 3.63) is 0 Å². The molecule has 3 N–H and O–H groups in total. The fourth-order valence-electron chi connectivity index (χ4n) is 1.97. The lowest BCUT2D eigenvalue weighted by atomic mass is 9.97. The van der Waals surface area contributed by atoms with E-state index in [9.17, 15) is 4.79 Å². The molecule has 2 unspecified atom stereocenters. The van der Waals surface area contributed by atoms with Crippen LogP contribution in [0, 0.1) is 11.8 Å². The van der Waals surface area contributed by atoms with Crippen LogP contribution in [0.4, 0.5) is 0 Å². The number of carbonyl (C=O) groups excluding carboxylic acids is 1. The lowest BCUT2D eigenvalue weighted by Crippen LogP contribution is -2.33. The Hall–Kier alpha value is -0.640. The summed E-state index contributed by atoms with van der Waals surface area (Å²) >= 11 is 4.73. The number of nitrogens with two attached hydrogens (primary N) is 1. The minimum atomic E-state index is 0.172. The van der Waals surface area contributed by atoms with Gasteiger partial charge in [-0.1, -0.05) is 25.6 Å². The summed E-state index contributed by atoms with van der Waals surface area (Å²) in [7, 11) is 0. The fraction of sp³-hybridized carbons (Fsp3) is 0.800. The minimum Gasteiger partial charge on any atom is -0.393 e. The van der Waals surface area contributed by atoms with E-state index in [1.807, 2.05) is 0 Å². The van der Waals surface area contributed by atoms with Gasteiger partial charge < -0.3 is 11.1 Å². The summed E-state index contributed by atoms with van der Waals surface area (Å²) in [4.78, 5) is 12.1. The minimum absolute atomic E-state index is 0.172. The molecule has 0 aromatic heterocycles. The highest BCUT2D eigenvalue weighted by atomic mass is 32.1. The smallest absolute Gasteiger partial charge is 0.223 e. The molecule has 0 radical (unpaired) electrons. The molecule has 1 rings (SSSR count). The molecule has 4 heteroatoms. The Morgan fingerprint density at radius 1 is 1.57 bits per heavy atom. The number of thiocarbonyl (C=S) groups is 1. The molecule has 1 aliphatic carbocycles. The fourth-order valence-corrected chi connectivity index (χ4v) is 2.08. The van der Waals surface area contributed by atoms with Gasteiger partial charge in [0.1, 0.15) is 0 Å². The molecule has 0 heterocycles. The maximum Gasteiger partial charge on any atom is 0.223 e. The first kappa shape index (κ1) is 11.4. The number of rotatable bonds is 4. The number of amides is 1. The Bertz CT molecular complexity index is 230. The average Bonchev–Trinajstić information content (AvgIpc) is 2.50. The van der Waals surface area contributed by atoms with E-state index in [0.29, 0.717) is 23.9 Å². The SMILES string of the molecule is CC1CCCC1C(=O)NCCC(N)=S. The van der Waals surface area contributed by atoms with Gasteiger partial charge in [0, 0.05) is 18.9 Å². The van der Waals surface area contributed by atoms with Crippen LogP contribution in [-0.2, 0) is 4.79 Å². The van der Waals surface area contributed by atoms with Gasteiger partial charge in [-0.3, -0.25) is 4.79 Å². The third kappa shape index (κ3) is 3.25. The Balaban J connectivity index is 2.24. The molecule has 1 saturated carbocycles. The van der Waals surface area contributed by atoms with Gasteiger partial charge in [-0.2, -0.15) is 0 Å². The second-order valence-corrected chi connectivity index (χ2v) is 4.55. The Morgan fingerprint density at radius 3 is 2.79 bits per heavy atom. The maximum absolute atomic E-state index is 11.6. The molecule has 0 aliphatic heterocycles. The molecule has 80 valence electrons. The standard InChI is InChI=1S/C10H18N2OS/c1-7-3-2-4-8(7)10(13)12-6-5-9(11)14/h7-8H,2-6H2,1H3,(H2,11,14)(H,12,13). The molecule has 0 bridgehead atoms. The zero-order chi connectivity index (χ0) is 10.6. The highest BCUT2D eigenvalue weighted by Gasteiger charge is 2.29. The van der Waals surface area contributed by atoms with Crippen LogP contribution in [0.2, 0.25) is 0 Å². The van der Waals surface area contributed by atoms with E-state index >= 15 is 0 Å². The van der Waals surface area contributed by atoms with Crippen LogP contribution in [0.5, 0.6) is 0 Å². The summed E-state index contributed by atoms with van der Waals surface area (Å²) in [5.74, 6) is 0.910. The van der Waals surface area contributed by atoms with Crippen molar-refractivity contribution in [3.8, 4) is 0 Å². The summed E-state index contributed by atoms with van der Waals surface area (Å²) in [6.45, 7) is 2.72. The van der Waals surface area contributed by atoms with Crippen LogP contribution < -0.4 is 11.1 Å². The van der Waals surface area contributed by atoms with Crippen molar-refractivity contribution in [2.24, 2.45) is 17.6 Å². The Labute approximate surface area is 90.4 Å². The van der Waals surface area contributed by atoms with Crippen LogP contribution in [0.1, 0.15) is 32.6 Å². The third-order valence-corrected chi connectivity index (χ3v) is 3.07. The maximum atomic E-state index is 11.6. The number of hydrogen-bond acceptors (Lipinski definition) is 2. The predicted octanol–water partition coefficient (Wildman–Crippen LogP) is 1.22. The number of hydrogen-bond donors (Lipinski definition) is 2. The topological polar surface area (TPSA) is 55.1 Å². The third-order valence-electron chi connectivity index (χ3n) is 2.87. The molecule has 0 aromatic rings. The van der Waals surface area contributed by atoms with Crippen LogP contribution >= 0.6 is 12.2 Å². The Kier molecular flexibility index (Phi) is 4.32. The predicted molar refractivity (Wildman–Crippen MR) is 60.9 cm³/mol. The molecule has 14 heavy (non-hydrogen) atoms. The van der Waals surface area contributed by atoms with E-state index < -0.39 is 0 Å². The van der Waals surface area contributed by atoms with Gasteiger partial charge >= 0.3 is 0 Å². The number of nitrogens with one attached hydrogen (secondary N) is 1. The van der Waals surface area contributed by atoms with E-state index in [0.717, 1.165) is 6.42 Å². The van der Waals surface area contributed by atoms with Crippen LogP contribution in [-0.4, -0.2) is 17.4 Å². The summed E-state index contributed by atoms with van der Waals surface area (Å²) in [6.07, 6.45) is 3.98. The lowest BCUT2D eigenvalue weighted by Gasteiger charge is -2.14. The second-order valence-electron chi connectivity index (χ2n) is 4.02. The van der Waals surface area contributed by atoms with Crippen LogP contribution in [0.15, 0.2) is 0 Å². The quantitative estimate of drug-likeness (QED) is 0.692. The summed E-state index contributed by atoms with van der Waals surface area (Å²) in [5.41, 5.74) is 5.34. The average molecular weight is 214 g/mol. The highest BCUT2D eigenvalue weighted by molar-refractivity contribution is 7.80. The van der Waals surface area contributed by atoms with Gasteiger partial charge in [0.2, 0.25) is 5.91 Å². The molecule has 3 nitrogen and oxygen atoms in total. The highest BCUT2D eigenvalue weighted by Crippen LogP contribution is 2.30. The van der Waals surface area contributed by atoms with Gasteiger partial charge in [0.15, 0.2) is 0 Å². The lowest BCUT2D eigenvalue weighted by molar-refractivity contribution is -0.125. The van der Waals surface area contributed by atoms with Crippen LogP contribution in [0.3, 0.4) is 0 Å². The summed E-state index contributed by atoms with van der Waals surface area (Å²) in [5, 5.41) is 2.88. The van der Waals surface area contributed by atoms with Gasteiger partial charge in [0.25, 0.3) is 0 Å². The molecule has 0 saturated heterocycles. The number of carbonyl (C=O) groups is 1. The van der Waals surface area contributed by atoms with Crippen molar-refractivity contribution in [1.82, 2.24) is 5.32 Å². The normalized spacial score (nSPS) is 26.1. The van der Waals surface area contributed by atoms with Crippen LogP contribution in [0.25, 0.3) is 0 Å². The van der Waals surface area contributed by atoms with Crippen molar-refractivity contribution in [2.75, 3.05) is 6.54 Å². The Morgan fingerprint density at radius 2 is 2.29 bits per heavy atom. The molecule has 0 spiro atoms. The van der Waals surface area contributed by atoms with Crippen molar-refractivity contribution in [1.29, 1.82) is 0 Å². The molecule has 1 aliphatic rings. The largest absolute Gasteiger partial charge is 0.393 e. The van der Waals surface area contributed by atoms with E-state index in [2.05, 4.69) is 12.2 Å². The monoisotopic (exact) mass is 214 g/mol. The first-order valence-corrected chi connectivity index (χ1v) is 5.58. The van der Waals surface area contributed by atoms with Gasteiger partial charge in [-0.15, -0.1) is 0 Å².